The van der Waals surface area contributed by atoms with Crippen LogP contribution in [0.25, 0.3) is 0 Å². The van der Waals surface area contributed by atoms with Crippen LogP contribution in [0.4, 0.5) is 10.6 Å². The lowest BCUT2D eigenvalue weighted by molar-refractivity contribution is -0.135. The van der Waals surface area contributed by atoms with Gasteiger partial charge in [-0.25, -0.2) is 9.78 Å². The molecule has 0 radical (unpaired) electrons. The van der Waals surface area contributed by atoms with Gasteiger partial charge in [-0.15, -0.1) is 0 Å². The molecule has 206 valence electrons. The predicted molar refractivity (Wildman–Crippen MR) is 150 cm³/mol. The van der Waals surface area contributed by atoms with Crippen LogP contribution in [0.2, 0.25) is 5.02 Å². The fourth-order valence-electron chi connectivity index (χ4n) is 6.29. The van der Waals surface area contributed by atoms with E-state index < -0.39 is 5.60 Å². The van der Waals surface area contributed by atoms with Gasteiger partial charge in [-0.2, -0.15) is 5.26 Å². The normalized spacial score (nSPS) is 22.9. The smallest absolute Gasteiger partial charge is 0.410 e. The zero-order valence-corrected chi connectivity index (χ0v) is 23.4. The van der Waals surface area contributed by atoms with Crippen LogP contribution in [0, 0.1) is 17.2 Å². The van der Waals surface area contributed by atoms with E-state index in [1.807, 2.05) is 42.2 Å². The minimum Gasteiger partial charge on any atom is -0.443 e. The lowest BCUT2D eigenvalue weighted by atomic mass is 9.93. The van der Waals surface area contributed by atoms with E-state index in [0.717, 1.165) is 63.0 Å². The summed E-state index contributed by atoms with van der Waals surface area (Å²) in [6, 6.07) is 13.3. The highest BCUT2D eigenvalue weighted by molar-refractivity contribution is 6.30. The van der Waals surface area contributed by atoms with Crippen molar-refractivity contribution in [3.8, 4) is 6.07 Å². The van der Waals surface area contributed by atoms with Crippen molar-refractivity contribution in [2.45, 2.75) is 63.0 Å². The van der Waals surface area contributed by atoms with Crippen molar-refractivity contribution in [2.24, 2.45) is 5.92 Å². The lowest BCUT2D eigenvalue weighted by Crippen LogP contribution is -2.46. The van der Waals surface area contributed by atoms with Gasteiger partial charge in [0.1, 0.15) is 17.5 Å². The number of carbonyl (C=O) groups excluding carboxylic acids is 2. The Bertz CT molecular complexity index is 1210. The summed E-state index contributed by atoms with van der Waals surface area (Å²) in [5.74, 6) is 0.885. The van der Waals surface area contributed by atoms with E-state index in [1.54, 1.807) is 24.2 Å². The van der Waals surface area contributed by atoms with Crippen LogP contribution in [0.1, 0.15) is 62.5 Å². The minimum absolute atomic E-state index is 0.0249. The van der Waals surface area contributed by atoms with Crippen molar-refractivity contribution in [3.05, 3.63) is 58.7 Å². The number of anilines is 1. The van der Waals surface area contributed by atoms with Gasteiger partial charge in [-0.1, -0.05) is 23.7 Å². The number of piperidine rings is 1. The third-order valence-corrected chi connectivity index (χ3v) is 8.98. The number of likely N-dealkylation sites (tertiary alicyclic amines) is 1. The molecule has 1 aromatic heterocycles. The largest absolute Gasteiger partial charge is 0.443 e. The molecule has 2 unspecified atom stereocenters. The quantitative estimate of drug-likeness (QED) is 0.508. The highest BCUT2D eigenvalue weighted by Crippen LogP contribution is 2.36. The number of hydrogen-bond acceptors (Lipinski definition) is 6. The van der Waals surface area contributed by atoms with Gasteiger partial charge in [0.15, 0.2) is 0 Å². The second kappa shape index (κ2) is 11.4. The van der Waals surface area contributed by atoms with Gasteiger partial charge >= 0.3 is 6.09 Å². The van der Waals surface area contributed by atoms with E-state index in [-0.39, 0.29) is 29.9 Å². The number of amides is 2. The second-order valence-electron chi connectivity index (χ2n) is 11.4. The summed E-state index contributed by atoms with van der Waals surface area (Å²) < 4.78 is 5.99. The Labute approximate surface area is 235 Å². The molecule has 1 aromatic carbocycles. The predicted octanol–water partition coefficient (Wildman–Crippen LogP) is 5.22. The van der Waals surface area contributed by atoms with E-state index in [0.29, 0.717) is 23.7 Å². The number of nitrogens with zero attached hydrogens (tertiary/aromatic N) is 5. The van der Waals surface area contributed by atoms with Gasteiger partial charge < -0.3 is 19.4 Å². The molecule has 2 atom stereocenters. The zero-order chi connectivity index (χ0) is 27.6. The Hall–Kier alpha value is -3.31. The van der Waals surface area contributed by atoms with Crippen LogP contribution in [0.3, 0.4) is 0 Å². The van der Waals surface area contributed by atoms with Crippen molar-refractivity contribution >= 4 is 29.4 Å². The first-order chi connectivity index (χ1) is 18.8. The molecule has 0 N–H and O–H groups in total. The van der Waals surface area contributed by atoms with Gasteiger partial charge in [0.25, 0.3) is 0 Å². The standard InChI is InChI=1S/C30H36ClN5O3/c1-30(13-3-4-14-30)39-29(38)34(2)26-20-36(19-25(26)22-6-8-24(31)9-7-22)28(37)23-11-15-35(16-12-23)27-10-5-21(17-32)18-33-27/h5-10,18,23,25-26H,3-4,11-16,19-20H2,1-2H3. The van der Waals surface area contributed by atoms with E-state index in [9.17, 15) is 9.59 Å². The fourth-order valence-corrected chi connectivity index (χ4v) is 6.42. The molecular formula is C30H36ClN5O3. The molecule has 2 amide bonds. The lowest BCUT2D eigenvalue weighted by Gasteiger charge is -2.34. The Morgan fingerprint density at radius 2 is 1.79 bits per heavy atom. The minimum atomic E-state index is -0.410. The first-order valence-electron chi connectivity index (χ1n) is 13.9. The molecule has 3 aliphatic rings. The van der Waals surface area contributed by atoms with E-state index in [4.69, 9.17) is 21.6 Å². The van der Waals surface area contributed by atoms with E-state index >= 15 is 0 Å². The van der Waals surface area contributed by atoms with Crippen LogP contribution in [0.15, 0.2) is 42.6 Å². The summed E-state index contributed by atoms with van der Waals surface area (Å²) >= 11 is 6.16. The van der Waals surface area contributed by atoms with Crippen molar-refractivity contribution in [1.29, 1.82) is 5.26 Å². The average molecular weight is 550 g/mol. The SMILES string of the molecule is CN(C(=O)OC1(C)CCCC1)C1CN(C(=O)C2CCN(c3ccc(C#N)cn3)CC2)CC1c1ccc(Cl)cc1. The van der Waals surface area contributed by atoms with E-state index in [1.165, 1.54) is 0 Å². The first-order valence-corrected chi connectivity index (χ1v) is 14.3. The maximum Gasteiger partial charge on any atom is 0.410 e. The summed E-state index contributed by atoms with van der Waals surface area (Å²) in [5, 5.41) is 9.68. The van der Waals surface area contributed by atoms with Crippen LogP contribution >= 0.6 is 11.6 Å². The Morgan fingerprint density at radius 3 is 2.41 bits per heavy atom. The monoisotopic (exact) mass is 549 g/mol. The van der Waals surface area contributed by atoms with E-state index in [2.05, 4.69) is 16.0 Å². The number of carbonyl (C=O) groups is 2. The number of aromatic nitrogens is 1. The number of pyridine rings is 1. The highest BCUT2D eigenvalue weighted by atomic mass is 35.5. The Balaban J connectivity index is 1.26. The topological polar surface area (TPSA) is 89.8 Å². The van der Waals surface area contributed by atoms with Crippen molar-refractivity contribution in [2.75, 3.05) is 38.1 Å². The number of rotatable bonds is 5. The van der Waals surface area contributed by atoms with Crippen LogP contribution in [-0.4, -0.2) is 71.7 Å². The molecule has 39 heavy (non-hydrogen) atoms. The molecule has 2 saturated heterocycles. The first kappa shape index (κ1) is 27.3. The molecule has 0 bridgehead atoms. The number of halogens is 1. The second-order valence-corrected chi connectivity index (χ2v) is 11.8. The number of nitriles is 1. The number of likely N-dealkylation sites (N-methyl/N-ethyl adjacent to an activating group) is 1. The average Bonchev–Trinajstić information content (AvgIpc) is 3.59. The van der Waals surface area contributed by atoms with Crippen LogP contribution in [-0.2, 0) is 9.53 Å². The number of benzene rings is 1. The summed E-state index contributed by atoms with van der Waals surface area (Å²) in [7, 11) is 1.80. The summed E-state index contributed by atoms with van der Waals surface area (Å²) in [4.78, 5) is 37.2. The molecule has 2 aliphatic heterocycles. The molecule has 3 heterocycles. The van der Waals surface area contributed by atoms with Gasteiger partial charge in [-0.05, 0) is 75.3 Å². The molecule has 2 aromatic rings. The molecule has 1 saturated carbocycles. The molecule has 9 heteroatoms. The Kier molecular flexibility index (Phi) is 7.99. The van der Waals surface area contributed by atoms with Crippen LogP contribution < -0.4 is 4.90 Å². The molecular weight excluding hydrogens is 514 g/mol. The van der Waals surface area contributed by atoms with Gasteiger partial charge in [0.2, 0.25) is 5.91 Å². The van der Waals surface area contributed by atoms with Gasteiger partial charge in [0.05, 0.1) is 11.6 Å². The molecule has 3 fully saturated rings. The molecule has 8 nitrogen and oxygen atoms in total. The number of ether oxygens (including phenoxy) is 1. The summed E-state index contributed by atoms with van der Waals surface area (Å²) in [6.07, 6.45) is 6.67. The zero-order valence-electron chi connectivity index (χ0n) is 22.7. The summed E-state index contributed by atoms with van der Waals surface area (Å²) in [6.45, 7) is 4.52. The Morgan fingerprint density at radius 1 is 1.10 bits per heavy atom. The van der Waals surface area contributed by atoms with Crippen molar-refractivity contribution in [3.63, 3.8) is 0 Å². The van der Waals surface area contributed by atoms with Crippen molar-refractivity contribution in [1.82, 2.24) is 14.8 Å². The fraction of sp³-hybridized carbons (Fsp3) is 0.533. The molecule has 0 spiro atoms. The van der Waals surface area contributed by atoms with Gasteiger partial charge in [-0.3, -0.25) is 4.79 Å². The maximum absolute atomic E-state index is 13.7. The molecule has 5 rings (SSSR count). The van der Waals surface area contributed by atoms with Crippen LogP contribution in [0.5, 0.6) is 0 Å². The molecule has 1 aliphatic carbocycles. The third kappa shape index (κ3) is 5.99. The summed E-state index contributed by atoms with van der Waals surface area (Å²) in [5.41, 5.74) is 1.19. The maximum atomic E-state index is 13.7. The number of hydrogen-bond donors (Lipinski definition) is 0. The van der Waals surface area contributed by atoms with Crippen molar-refractivity contribution < 1.29 is 14.3 Å². The third-order valence-electron chi connectivity index (χ3n) is 8.72. The highest BCUT2D eigenvalue weighted by Gasteiger charge is 2.43. The van der Waals surface area contributed by atoms with Gasteiger partial charge in [0, 0.05) is 56.3 Å².